The largest absolute Gasteiger partial charge is 0.488 e. The number of benzene rings is 2. The number of carbonyl (C=O) groups is 1. The highest BCUT2D eigenvalue weighted by Crippen LogP contribution is 2.30. The summed E-state index contributed by atoms with van der Waals surface area (Å²) >= 11 is 6.03. The minimum Gasteiger partial charge on any atom is -0.488 e. The number of fused-ring (bicyclic) bond motifs is 1. The summed E-state index contributed by atoms with van der Waals surface area (Å²) in [7, 11) is 1.80. The van der Waals surface area contributed by atoms with Crippen LogP contribution in [-0.2, 0) is 11.8 Å². The molecule has 1 N–H and O–H groups in total. The number of rotatable bonds is 4. The van der Waals surface area contributed by atoms with Gasteiger partial charge in [0.1, 0.15) is 30.0 Å². The number of halogens is 2. The third-order valence-corrected chi connectivity index (χ3v) is 4.82. The van der Waals surface area contributed by atoms with Crippen LogP contribution in [0.3, 0.4) is 0 Å². The van der Waals surface area contributed by atoms with E-state index >= 15 is 0 Å². The molecule has 28 heavy (non-hydrogen) atoms. The van der Waals surface area contributed by atoms with Gasteiger partial charge < -0.3 is 14.6 Å². The number of ether oxygens (including phenoxy) is 1. The highest BCUT2D eigenvalue weighted by molar-refractivity contribution is 6.30. The molecule has 1 aromatic heterocycles. The average Bonchev–Trinajstić information content (AvgIpc) is 3.11. The van der Waals surface area contributed by atoms with Crippen LogP contribution < -0.4 is 10.1 Å². The van der Waals surface area contributed by atoms with Crippen molar-refractivity contribution in [2.75, 3.05) is 6.61 Å². The molecule has 2 heterocycles. The van der Waals surface area contributed by atoms with Gasteiger partial charge in [0.05, 0.1) is 5.57 Å². The van der Waals surface area contributed by atoms with Crippen molar-refractivity contribution in [3.05, 3.63) is 88.2 Å². The normalized spacial score (nSPS) is 13.9. The van der Waals surface area contributed by atoms with Crippen molar-refractivity contribution in [1.29, 1.82) is 0 Å². The van der Waals surface area contributed by atoms with E-state index in [0.29, 0.717) is 27.7 Å². The molecule has 2 aromatic carbocycles. The first-order valence-corrected chi connectivity index (χ1v) is 9.06. The highest BCUT2D eigenvalue weighted by atomic mass is 35.5. The van der Waals surface area contributed by atoms with E-state index in [1.54, 1.807) is 66.5 Å². The van der Waals surface area contributed by atoms with Crippen molar-refractivity contribution in [2.24, 2.45) is 7.05 Å². The van der Waals surface area contributed by atoms with Crippen molar-refractivity contribution >= 4 is 23.6 Å². The van der Waals surface area contributed by atoms with Gasteiger partial charge in [0.25, 0.3) is 5.91 Å². The van der Waals surface area contributed by atoms with E-state index in [1.165, 1.54) is 6.07 Å². The first-order chi connectivity index (χ1) is 13.5. The molecule has 0 fully saturated rings. The molecule has 0 bridgehead atoms. The molecule has 0 aliphatic carbocycles. The summed E-state index contributed by atoms with van der Waals surface area (Å²) in [5.74, 6) is 0.415. The van der Waals surface area contributed by atoms with Gasteiger partial charge in [-0.1, -0.05) is 29.8 Å². The Kier molecular flexibility index (Phi) is 4.88. The van der Waals surface area contributed by atoms with Crippen molar-refractivity contribution in [3.8, 4) is 5.75 Å². The van der Waals surface area contributed by atoms with Gasteiger partial charge in [-0.2, -0.15) is 0 Å². The molecular formula is C21H17ClFN3O2. The van der Waals surface area contributed by atoms with E-state index in [9.17, 15) is 9.18 Å². The zero-order valence-corrected chi connectivity index (χ0v) is 15.8. The Hall–Kier alpha value is -3.12. The number of amides is 1. The van der Waals surface area contributed by atoms with E-state index in [1.807, 2.05) is 0 Å². The van der Waals surface area contributed by atoms with Crippen LogP contribution in [-0.4, -0.2) is 22.1 Å². The second-order valence-electron chi connectivity index (χ2n) is 6.46. The molecule has 0 spiro atoms. The third kappa shape index (κ3) is 3.51. The minimum absolute atomic E-state index is 0.116. The van der Waals surface area contributed by atoms with E-state index in [4.69, 9.17) is 16.3 Å². The van der Waals surface area contributed by atoms with Gasteiger partial charge in [0.15, 0.2) is 0 Å². The van der Waals surface area contributed by atoms with E-state index in [0.717, 1.165) is 5.56 Å². The summed E-state index contributed by atoms with van der Waals surface area (Å²) in [5, 5.41) is 3.44. The maximum absolute atomic E-state index is 14.5. The molecule has 1 amide bonds. The van der Waals surface area contributed by atoms with Crippen LogP contribution in [0.25, 0.3) is 6.08 Å². The molecule has 4 rings (SSSR count). The van der Waals surface area contributed by atoms with E-state index in [2.05, 4.69) is 10.3 Å². The lowest BCUT2D eigenvalue weighted by molar-refractivity contribution is -0.118. The van der Waals surface area contributed by atoms with Crippen molar-refractivity contribution in [3.63, 3.8) is 0 Å². The molecule has 1 atom stereocenters. The minimum atomic E-state index is -0.740. The smallest absolute Gasteiger partial charge is 0.251 e. The lowest BCUT2D eigenvalue weighted by Crippen LogP contribution is -2.34. The van der Waals surface area contributed by atoms with Gasteiger partial charge in [0.2, 0.25) is 0 Å². The van der Waals surface area contributed by atoms with Gasteiger partial charge in [-0.05, 0) is 30.3 Å². The molecule has 142 valence electrons. The molecule has 3 aromatic rings. The van der Waals surface area contributed by atoms with Gasteiger partial charge in [-0.15, -0.1) is 0 Å². The maximum atomic E-state index is 14.5. The fraction of sp³-hybridized carbons (Fsp3) is 0.143. The van der Waals surface area contributed by atoms with Crippen LogP contribution in [0, 0.1) is 5.82 Å². The summed E-state index contributed by atoms with van der Waals surface area (Å²) in [4.78, 5) is 17.2. The van der Waals surface area contributed by atoms with Crippen LogP contribution in [0.1, 0.15) is 23.0 Å². The fourth-order valence-corrected chi connectivity index (χ4v) is 3.33. The molecule has 1 unspecified atom stereocenters. The van der Waals surface area contributed by atoms with Crippen LogP contribution in [0.4, 0.5) is 4.39 Å². The Morgan fingerprint density at radius 2 is 2.14 bits per heavy atom. The quantitative estimate of drug-likeness (QED) is 0.726. The van der Waals surface area contributed by atoms with Gasteiger partial charge in [-0.3, -0.25) is 4.79 Å². The Bertz CT molecular complexity index is 1080. The average molecular weight is 398 g/mol. The number of hydrogen-bond acceptors (Lipinski definition) is 3. The zero-order chi connectivity index (χ0) is 19.7. The number of aromatic nitrogens is 2. The van der Waals surface area contributed by atoms with Crippen LogP contribution >= 0.6 is 11.6 Å². The number of nitrogens with one attached hydrogen (secondary N) is 1. The topological polar surface area (TPSA) is 56.2 Å². The SMILES string of the molecule is Cn1ccnc1C(NC(=O)C1=Cc2cc(Cl)ccc2OC1)c1ccccc1F. The summed E-state index contributed by atoms with van der Waals surface area (Å²) in [6, 6.07) is 10.8. The first kappa shape index (κ1) is 18.3. The number of aryl methyl sites for hydroxylation is 1. The lowest BCUT2D eigenvalue weighted by Gasteiger charge is -2.22. The molecular weight excluding hydrogens is 381 g/mol. The van der Waals surface area contributed by atoms with E-state index < -0.39 is 11.9 Å². The standard InChI is InChI=1S/C21H17ClFN3O2/c1-26-9-8-24-20(26)19(16-4-2-3-5-17(16)23)25-21(27)14-10-13-11-15(22)6-7-18(13)28-12-14/h2-11,19H,12H2,1H3,(H,25,27). The maximum Gasteiger partial charge on any atom is 0.251 e. The third-order valence-electron chi connectivity index (χ3n) is 4.58. The fourth-order valence-electron chi connectivity index (χ4n) is 3.15. The number of carbonyl (C=O) groups excluding carboxylic acids is 1. The Labute approximate surface area is 166 Å². The van der Waals surface area contributed by atoms with Crippen molar-refractivity contribution in [2.45, 2.75) is 6.04 Å². The van der Waals surface area contributed by atoms with Crippen molar-refractivity contribution < 1.29 is 13.9 Å². The molecule has 7 heteroatoms. The predicted molar refractivity (Wildman–Crippen MR) is 105 cm³/mol. The summed E-state index contributed by atoms with van der Waals surface area (Å²) in [6.07, 6.45) is 5.09. The Morgan fingerprint density at radius 3 is 2.89 bits per heavy atom. The molecule has 0 radical (unpaired) electrons. The first-order valence-electron chi connectivity index (χ1n) is 8.68. The Balaban J connectivity index is 1.67. The van der Waals surface area contributed by atoms with Gasteiger partial charge in [-0.25, -0.2) is 9.37 Å². The second-order valence-corrected chi connectivity index (χ2v) is 6.90. The predicted octanol–water partition coefficient (Wildman–Crippen LogP) is 3.89. The molecule has 0 saturated carbocycles. The van der Waals surface area contributed by atoms with Crippen LogP contribution in [0.15, 0.2) is 60.4 Å². The number of hydrogen-bond donors (Lipinski definition) is 1. The molecule has 1 aliphatic heterocycles. The van der Waals surface area contributed by atoms with Crippen molar-refractivity contribution in [1.82, 2.24) is 14.9 Å². The van der Waals surface area contributed by atoms with Gasteiger partial charge >= 0.3 is 0 Å². The number of imidazole rings is 1. The summed E-state index contributed by atoms with van der Waals surface area (Å²) in [5.41, 5.74) is 1.49. The van der Waals surface area contributed by atoms with Crippen LogP contribution in [0.5, 0.6) is 5.75 Å². The monoisotopic (exact) mass is 397 g/mol. The van der Waals surface area contributed by atoms with Gasteiger partial charge in [0, 0.05) is 35.6 Å². The highest BCUT2D eigenvalue weighted by Gasteiger charge is 2.26. The molecule has 0 saturated heterocycles. The lowest BCUT2D eigenvalue weighted by atomic mass is 10.0. The number of nitrogens with zero attached hydrogens (tertiary/aromatic N) is 2. The molecule has 5 nitrogen and oxygen atoms in total. The van der Waals surface area contributed by atoms with Crippen LogP contribution in [0.2, 0.25) is 5.02 Å². The second kappa shape index (κ2) is 7.48. The summed E-state index contributed by atoms with van der Waals surface area (Å²) < 4.78 is 21.9. The summed E-state index contributed by atoms with van der Waals surface area (Å²) in [6.45, 7) is 0.116. The molecule has 1 aliphatic rings. The zero-order valence-electron chi connectivity index (χ0n) is 15.0. The van der Waals surface area contributed by atoms with E-state index in [-0.39, 0.29) is 12.5 Å². The Morgan fingerprint density at radius 1 is 1.32 bits per heavy atom.